The normalized spacial score (nSPS) is 32.2. The largest absolute Gasteiger partial charge is 0.378 e. The molecule has 72 valence electrons. The molecule has 1 saturated heterocycles. The molecule has 0 aromatic rings. The van der Waals surface area contributed by atoms with Crippen LogP contribution in [0.15, 0.2) is 24.3 Å². The summed E-state index contributed by atoms with van der Waals surface area (Å²) in [4.78, 5) is 0. The van der Waals surface area contributed by atoms with Gasteiger partial charge in [-0.3, -0.25) is 0 Å². The molecule has 0 saturated carbocycles. The number of epoxide rings is 1. The highest BCUT2D eigenvalue weighted by atomic mass is 16.6. The molecule has 2 atom stereocenters. The predicted molar refractivity (Wildman–Crippen MR) is 51.6 cm³/mol. The third-order valence-corrected chi connectivity index (χ3v) is 2.43. The fourth-order valence-electron chi connectivity index (χ4n) is 1.61. The van der Waals surface area contributed by atoms with Gasteiger partial charge in [0.25, 0.3) is 0 Å². The second kappa shape index (κ2) is 4.07. The standard InChI is InChI=1S/C11H16O2/c1-9-3-2-4-10(5-9)6-12-7-11-8-13-11/h2-3,10-11H,1,4-8H2. The molecule has 0 aromatic heterocycles. The van der Waals surface area contributed by atoms with Crippen molar-refractivity contribution in [3.8, 4) is 0 Å². The van der Waals surface area contributed by atoms with Crippen molar-refractivity contribution in [3.63, 3.8) is 0 Å². The molecule has 0 spiro atoms. The average molecular weight is 180 g/mol. The van der Waals surface area contributed by atoms with E-state index in [0.29, 0.717) is 12.0 Å². The summed E-state index contributed by atoms with van der Waals surface area (Å²) < 4.78 is 10.6. The van der Waals surface area contributed by atoms with Crippen LogP contribution in [0.5, 0.6) is 0 Å². The fourth-order valence-corrected chi connectivity index (χ4v) is 1.61. The molecule has 2 aliphatic rings. The lowest BCUT2D eigenvalue weighted by atomic mass is 9.92. The van der Waals surface area contributed by atoms with Gasteiger partial charge in [-0.15, -0.1) is 0 Å². The van der Waals surface area contributed by atoms with Crippen LogP contribution in [0, 0.1) is 5.92 Å². The first-order chi connectivity index (χ1) is 6.34. The van der Waals surface area contributed by atoms with Crippen LogP contribution < -0.4 is 0 Å². The monoisotopic (exact) mass is 180 g/mol. The summed E-state index contributed by atoms with van der Waals surface area (Å²) in [6.07, 6.45) is 6.91. The van der Waals surface area contributed by atoms with Gasteiger partial charge < -0.3 is 9.47 Å². The zero-order valence-corrected chi connectivity index (χ0v) is 7.87. The Balaban J connectivity index is 1.63. The molecule has 0 radical (unpaired) electrons. The summed E-state index contributed by atoms with van der Waals surface area (Å²) in [6.45, 7) is 6.46. The molecule has 0 aromatic carbocycles. The number of rotatable bonds is 4. The van der Waals surface area contributed by atoms with Gasteiger partial charge in [-0.05, 0) is 18.8 Å². The van der Waals surface area contributed by atoms with Gasteiger partial charge >= 0.3 is 0 Å². The van der Waals surface area contributed by atoms with Crippen molar-refractivity contribution in [2.75, 3.05) is 19.8 Å². The quantitative estimate of drug-likeness (QED) is 0.616. The number of allylic oxidation sites excluding steroid dienone is 3. The van der Waals surface area contributed by atoms with E-state index >= 15 is 0 Å². The Morgan fingerprint density at radius 2 is 2.38 bits per heavy atom. The molecule has 0 amide bonds. The molecule has 0 N–H and O–H groups in total. The molecule has 1 aliphatic carbocycles. The zero-order chi connectivity index (χ0) is 9.10. The molecule has 2 heteroatoms. The third kappa shape index (κ3) is 2.98. The van der Waals surface area contributed by atoms with Gasteiger partial charge in [0.2, 0.25) is 0 Å². The Hall–Kier alpha value is -0.600. The maximum absolute atomic E-state index is 5.55. The second-order valence-electron chi connectivity index (χ2n) is 3.86. The number of ether oxygens (including phenoxy) is 2. The van der Waals surface area contributed by atoms with Crippen LogP contribution in [-0.2, 0) is 9.47 Å². The van der Waals surface area contributed by atoms with Crippen LogP contribution >= 0.6 is 0 Å². The van der Waals surface area contributed by atoms with Crippen molar-refractivity contribution in [2.45, 2.75) is 18.9 Å². The SMILES string of the molecule is C=C1C=CCC(COCC2CO2)C1. The van der Waals surface area contributed by atoms with Crippen molar-refractivity contribution in [1.29, 1.82) is 0 Å². The van der Waals surface area contributed by atoms with E-state index in [1.54, 1.807) is 0 Å². The Morgan fingerprint density at radius 1 is 1.54 bits per heavy atom. The van der Waals surface area contributed by atoms with Crippen LogP contribution in [-0.4, -0.2) is 25.9 Å². The minimum Gasteiger partial charge on any atom is -0.378 e. The van der Waals surface area contributed by atoms with Crippen molar-refractivity contribution >= 4 is 0 Å². The van der Waals surface area contributed by atoms with E-state index in [4.69, 9.17) is 9.47 Å². The minimum absolute atomic E-state index is 0.391. The van der Waals surface area contributed by atoms with Gasteiger partial charge in [-0.1, -0.05) is 24.3 Å². The highest BCUT2D eigenvalue weighted by molar-refractivity contribution is 5.18. The summed E-state index contributed by atoms with van der Waals surface area (Å²) in [7, 11) is 0. The Bertz CT molecular complexity index is 216. The van der Waals surface area contributed by atoms with Gasteiger partial charge in [0, 0.05) is 0 Å². The molecule has 0 bridgehead atoms. The molecular weight excluding hydrogens is 164 g/mol. The van der Waals surface area contributed by atoms with E-state index in [0.717, 1.165) is 32.7 Å². The predicted octanol–water partition coefficient (Wildman–Crippen LogP) is 1.92. The first kappa shape index (κ1) is 8.97. The highest BCUT2D eigenvalue weighted by Gasteiger charge is 2.23. The van der Waals surface area contributed by atoms with Crippen LogP contribution in [0.2, 0.25) is 0 Å². The first-order valence-corrected chi connectivity index (χ1v) is 4.88. The fraction of sp³-hybridized carbons (Fsp3) is 0.636. The first-order valence-electron chi connectivity index (χ1n) is 4.88. The lowest BCUT2D eigenvalue weighted by molar-refractivity contribution is 0.0861. The summed E-state index contributed by atoms with van der Waals surface area (Å²) in [5, 5.41) is 0. The third-order valence-electron chi connectivity index (χ3n) is 2.43. The van der Waals surface area contributed by atoms with E-state index in [1.165, 1.54) is 5.57 Å². The lowest BCUT2D eigenvalue weighted by Gasteiger charge is -2.18. The van der Waals surface area contributed by atoms with Crippen molar-refractivity contribution < 1.29 is 9.47 Å². The summed E-state index contributed by atoms with van der Waals surface area (Å²) in [5.41, 5.74) is 1.22. The van der Waals surface area contributed by atoms with Crippen LogP contribution in [0.4, 0.5) is 0 Å². The van der Waals surface area contributed by atoms with Gasteiger partial charge in [0.1, 0.15) is 6.10 Å². The minimum atomic E-state index is 0.391. The Labute approximate surface area is 79.2 Å². The van der Waals surface area contributed by atoms with Crippen LogP contribution in [0.1, 0.15) is 12.8 Å². The molecule has 1 aliphatic heterocycles. The van der Waals surface area contributed by atoms with Gasteiger partial charge in [0.05, 0.1) is 19.8 Å². The van der Waals surface area contributed by atoms with Gasteiger partial charge in [-0.2, -0.15) is 0 Å². The molecule has 2 nitrogen and oxygen atoms in total. The van der Waals surface area contributed by atoms with Gasteiger partial charge in [0.15, 0.2) is 0 Å². The van der Waals surface area contributed by atoms with E-state index in [2.05, 4.69) is 18.7 Å². The summed E-state index contributed by atoms with van der Waals surface area (Å²) in [5.74, 6) is 0.635. The molecule has 1 fully saturated rings. The second-order valence-corrected chi connectivity index (χ2v) is 3.86. The maximum atomic E-state index is 5.55. The molecule has 1 heterocycles. The van der Waals surface area contributed by atoms with E-state index < -0.39 is 0 Å². The van der Waals surface area contributed by atoms with Crippen molar-refractivity contribution in [1.82, 2.24) is 0 Å². The van der Waals surface area contributed by atoms with E-state index in [-0.39, 0.29) is 0 Å². The summed E-state index contributed by atoms with van der Waals surface area (Å²) in [6, 6.07) is 0. The molecule has 13 heavy (non-hydrogen) atoms. The molecule has 2 rings (SSSR count). The topological polar surface area (TPSA) is 21.8 Å². The van der Waals surface area contributed by atoms with Crippen molar-refractivity contribution in [3.05, 3.63) is 24.3 Å². The van der Waals surface area contributed by atoms with Gasteiger partial charge in [-0.25, -0.2) is 0 Å². The number of hydrogen-bond acceptors (Lipinski definition) is 2. The Morgan fingerprint density at radius 3 is 3.08 bits per heavy atom. The zero-order valence-electron chi connectivity index (χ0n) is 7.87. The van der Waals surface area contributed by atoms with Crippen LogP contribution in [0.25, 0.3) is 0 Å². The number of hydrogen-bond donors (Lipinski definition) is 0. The maximum Gasteiger partial charge on any atom is 0.104 e. The Kier molecular flexibility index (Phi) is 2.81. The smallest absolute Gasteiger partial charge is 0.104 e. The van der Waals surface area contributed by atoms with E-state index in [1.807, 2.05) is 0 Å². The van der Waals surface area contributed by atoms with Crippen molar-refractivity contribution in [2.24, 2.45) is 5.92 Å². The molecule has 2 unspecified atom stereocenters. The average Bonchev–Trinajstić information content (AvgIpc) is 2.88. The van der Waals surface area contributed by atoms with Crippen LogP contribution in [0.3, 0.4) is 0 Å². The highest BCUT2D eigenvalue weighted by Crippen LogP contribution is 2.22. The lowest BCUT2D eigenvalue weighted by Crippen LogP contribution is -2.14. The molecular formula is C11H16O2. The van der Waals surface area contributed by atoms with E-state index in [9.17, 15) is 0 Å². The summed E-state index contributed by atoms with van der Waals surface area (Å²) >= 11 is 0.